The Balaban J connectivity index is 1.61. The van der Waals surface area contributed by atoms with Crippen molar-refractivity contribution in [3.05, 3.63) is 65.0 Å². The molecule has 158 valence electrons. The molecule has 1 aliphatic heterocycles. The molecule has 0 aliphatic carbocycles. The third kappa shape index (κ3) is 3.32. The molecule has 0 fully saturated rings. The predicted octanol–water partition coefficient (Wildman–Crippen LogP) is 4.76. The number of amidine groups is 1. The normalized spacial score (nSPS) is 15.4. The van der Waals surface area contributed by atoms with Crippen molar-refractivity contribution in [1.82, 2.24) is 15.5 Å². The first-order valence-corrected chi connectivity index (χ1v) is 10.3. The van der Waals surface area contributed by atoms with Crippen molar-refractivity contribution in [1.29, 1.82) is 0 Å². The van der Waals surface area contributed by atoms with Gasteiger partial charge in [0, 0.05) is 23.0 Å². The molecule has 1 unspecified atom stereocenters. The zero-order valence-electron chi connectivity index (χ0n) is 18.0. The van der Waals surface area contributed by atoms with E-state index >= 15 is 0 Å². The average Bonchev–Trinajstić information content (AvgIpc) is 3.29. The Kier molecular flexibility index (Phi) is 4.66. The van der Waals surface area contributed by atoms with Crippen LogP contribution < -0.4 is 15.4 Å². The van der Waals surface area contributed by atoms with E-state index in [1.807, 2.05) is 39.0 Å². The molecular formula is C24H25N5O2. The molecule has 3 heterocycles. The van der Waals surface area contributed by atoms with E-state index in [1.54, 1.807) is 7.11 Å². The Morgan fingerprint density at radius 3 is 2.65 bits per heavy atom. The highest BCUT2D eigenvalue weighted by Crippen LogP contribution is 2.40. The van der Waals surface area contributed by atoms with Crippen molar-refractivity contribution in [2.45, 2.75) is 33.5 Å². The highest BCUT2D eigenvalue weighted by atomic mass is 16.5. The van der Waals surface area contributed by atoms with Crippen molar-refractivity contribution in [3.8, 4) is 16.9 Å². The first-order valence-electron chi connectivity index (χ1n) is 10.3. The first kappa shape index (κ1) is 19.2. The Morgan fingerprint density at radius 1 is 1.13 bits per heavy atom. The number of H-pyrrole nitrogens is 1. The maximum atomic E-state index is 5.77. The number of aliphatic imine (C=N–C) groups is 1. The number of aromatic nitrogens is 2. The summed E-state index contributed by atoms with van der Waals surface area (Å²) in [4.78, 5) is 8.35. The van der Waals surface area contributed by atoms with E-state index in [2.05, 4.69) is 45.0 Å². The van der Waals surface area contributed by atoms with Gasteiger partial charge in [-0.1, -0.05) is 35.5 Å². The number of hydrogen-bond donors (Lipinski definition) is 3. The minimum absolute atomic E-state index is 0.0391. The first-order chi connectivity index (χ1) is 15.0. The number of nitrogens with one attached hydrogen (secondary N) is 3. The standard InChI is InChI=1S/C24H25N5O2/c1-13-21(14(2)31-29-13)18-10-19-17(11-20(18)30-4)22-23(26-15(3)27-24(22)28-19)25-12-16-8-6-5-7-9-16/h5-11,15,27-28H,12H2,1-4H3,(H,25,26). The Hall–Kier alpha value is -3.74. The molecule has 0 spiro atoms. The van der Waals surface area contributed by atoms with Gasteiger partial charge in [0.2, 0.25) is 0 Å². The molecule has 0 saturated carbocycles. The van der Waals surface area contributed by atoms with Gasteiger partial charge in [0.05, 0.1) is 23.9 Å². The number of anilines is 1. The molecular weight excluding hydrogens is 390 g/mol. The van der Waals surface area contributed by atoms with Crippen LogP contribution in [0, 0.1) is 13.8 Å². The summed E-state index contributed by atoms with van der Waals surface area (Å²) in [6.07, 6.45) is -0.0391. The second-order valence-electron chi connectivity index (χ2n) is 7.81. The summed E-state index contributed by atoms with van der Waals surface area (Å²) in [5.41, 5.74) is 5.97. The van der Waals surface area contributed by atoms with Crippen LogP contribution in [0.3, 0.4) is 0 Å². The van der Waals surface area contributed by atoms with Gasteiger partial charge in [0.15, 0.2) is 0 Å². The van der Waals surface area contributed by atoms with Crippen LogP contribution in [0.5, 0.6) is 5.75 Å². The monoisotopic (exact) mass is 415 g/mol. The average molecular weight is 415 g/mol. The molecule has 31 heavy (non-hydrogen) atoms. The van der Waals surface area contributed by atoms with Crippen LogP contribution in [0.4, 0.5) is 5.82 Å². The predicted molar refractivity (Wildman–Crippen MR) is 123 cm³/mol. The summed E-state index contributed by atoms with van der Waals surface area (Å²) in [5, 5.41) is 12.1. The molecule has 7 nitrogen and oxygen atoms in total. The summed E-state index contributed by atoms with van der Waals surface area (Å²) in [7, 11) is 1.69. The number of aromatic amines is 1. The number of fused-ring (bicyclic) bond motifs is 3. The zero-order chi connectivity index (χ0) is 21.5. The van der Waals surface area contributed by atoms with Crippen LogP contribution in [0.2, 0.25) is 0 Å². The molecule has 2 aromatic carbocycles. The maximum absolute atomic E-state index is 5.77. The third-order valence-corrected chi connectivity index (χ3v) is 5.64. The van der Waals surface area contributed by atoms with Gasteiger partial charge in [-0.2, -0.15) is 0 Å². The largest absolute Gasteiger partial charge is 0.496 e. The molecule has 0 radical (unpaired) electrons. The fraction of sp³-hybridized carbons (Fsp3) is 0.250. The van der Waals surface area contributed by atoms with Crippen LogP contribution >= 0.6 is 0 Å². The highest BCUT2D eigenvalue weighted by molar-refractivity contribution is 6.16. The molecule has 5 rings (SSSR count). The van der Waals surface area contributed by atoms with Gasteiger partial charge < -0.3 is 24.9 Å². The fourth-order valence-corrected chi connectivity index (χ4v) is 4.22. The molecule has 3 N–H and O–H groups in total. The number of nitrogens with zero attached hydrogens (tertiary/aromatic N) is 2. The third-order valence-electron chi connectivity index (χ3n) is 5.64. The second-order valence-corrected chi connectivity index (χ2v) is 7.81. The molecule has 0 saturated heterocycles. The highest BCUT2D eigenvalue weighted by Gasteiger charge is 2.25. The summed E-state index contributed by atoms with van der Waals surface area (Å²) in [5.74, 6) is 3.35. The van der Waals surface area contributed by atoms with Crippen LogP contribution in [-0.4, -0.2) is 29.3 Å². The Labute approximate surface area is 180 Å². The minimum atomic E-state index is -0.0391. The summed E-state index contributed by atoms with van der Waals surface area (Å²) >= 11 is 0. The van der Waals surface area contributed by atoms with E-state index in [0.29, 0.717) is 6.54 Å². The smallest absolute Gasteiger partial charge is 0.141 e. The van der Waals surface area contributed by atoms with Gasteiger partial charge >= 0.3 is 0 Å². The maximum Gasteiger partial charge on any atom is 0.141 e. The Morgan fingerprint density at radius 2 is 1.94 bits per heavy atom. The molecule has 7 heteroatoms. The lowest BCUT2D eigenvalue weighted by Gasteiger charge is -2.21. The van der Waals surface area contributed by atoms with Gasteiger partial charge in [-0.3, -0.25) is 0 Å². The van der Waals surface area contributed by atoms with E-state index in [4.69, 9.17) is 14.3 Å². The van der Waals surface area contributed by atoms with Crippen molar-refractivity contribution in [2.24, 2.45) is 4.99 Å². The minimum Gasteiger partial charge on any atom is -0.496 e. The zero-order valence-corrected chi connectivity index (χ0v) is 18.0. The number of ether oxygens (including phenoxy) is 1. The number of aryl methyl sites for hydroxylation is 2. The van der Waals surface area contributed by atoms with Crippen LogP contribution in [0.25, 0.3) is 22.0 Å². The molecule has 1 atom stereocenters. The lowest BCUT2D eigenvalue weighted by atomic mass is 10.00. The summed E-state index contributed by atoms with van der Waals surface area (Å²) in [6, 6.07) is 14.5. The molecule has 2 aromatic heterocycles. The van der Waals surface area contributed by atoms with E-state index in [0.717, 1.165) is 56.5 Å². The number of benzene rings is 2. The van der Waals surface area contributed by atoms with Gasteiger partial charge in [0.25, 0.3) is 0 Å². The van der Waals surface area contributed by atoms with Crippen LogP contribution in [-0.2, 0) is 6.54 Å². The van der Waals surface area contributed by atoms with E-state index in [-0.39, 0.29) is 6.17 Å². The van der Waals surface area contributed by atoms with E-state index < -0.39 is 0 Å². The molecule has 0 bridgehead atoms. The van der Waals surface area contributed by atoms with Crippen molar-refractivity contribution < 1.29 is 9.26 Å². The quantitative estimate of drug-likeness (QED) is 0.447. The fourth-order valence-electron chi connectivity index (χ4n) is 4.22. The van der Waals surface area contributed by atoms with Crippen molar-refractivity contribution >= 4 is 22.6 Å². The van der Waals surface area contributed by atoms with Crippen molar-refractivity contribution in [2.75, 3.05) is 12.4 Å². The van der Waals surface area contributed by atoms with E-state index in [9.17, 15) is 0 Å². The number of hydrogen-bond acceptors (Lipinski definition) is 6. The van der Waals surface area contributed by atoms with Crippen LogP contribution in [0.1, 0.15) is 29.5 Å². The molecule has 4 aromatic rings. The number of rotatable bonds is 4. The summed E-state index contributed by atoms with van der Waals surface area (Å²) < 4.78 is 11.2. The van der Waals surface area contributed by atoms with Gasteiger partial charge in [-0.15, -0.1) is 0 Å². The van der Waals surface area contributed by atoms with E-state index in [1.165, 1.54) is 5.56 Å². The van der Waals surface area contributed by atoms with Crippen molar-refractivity contribution in [3.63, 3.8) is 0 Å². The lowest BCUT2D eigenvalue weighted by molar-refractivity contribution is 0.393. The number of methoxy groups -OCH3 is 1. The van der Waals surface area contributed by atoms with Gasteiger partial charge in [0.1, 0.15) is 29.3 Å². The SMILES string of the molecule is COc1cc2c3c([nH]c2cc1-c1c(C)noc1C)NC(C)N=C3NCc1ccccc1. The lowest BCUT2D eigenvalue weighted by Crippen LogP contribution is -2.32. The molecule has 1 aliphatic rings. The Bertz CT molecular complexity index is 1270. The van der Waals surface area contributed by atoms with Gasteiger partial charge in [-0.25, -0.2) is 4.99 Å². The molecule has 0 amide bonds. The van der Waals surface area contributed by atoms with Gasteiger partial charge in [-0.05, 0) is 38.5 Å². The second kappa shape index (κ2) is 7.50. The van der Waals surface area contributed by atoms with Crippen LogP contribution in [0.15, 0.2) is 52.0 Å². The summed E-state index contributed by atoms with van der Waals surface area (Å²) in [6.45, 7) is 6.60. The topological polar surface area (TPSA) is 87.5 Å².